The molecule has 0 fully saturated rings. The summed E-state index contributed by atoms with van der Waals surface area (Å²) in [5.74, 6) is -1.74. The second kappa shape index (κ2) is 7.71. The fourth-order valence-corrected chi connectivity index (χ4v) is 3.07. The molecule has 2 aromatic rings. The highest BCUT2D eigenvalue weighted by Crippen LogP contribution is 2.41. The Morgan fingerprint density at radius 3 is 2.39 bits per heavy atom. The minimum atomic E-state index is -5.14. The highest BCUT2D eigenvalue weighted by molar-refractivity contribution is 6.03. The van der Waals surface area contributed by atoms with E-state index in [0.29, 0.717) is 6.42 Å². The first-order valence-electron chi connectivity index (χ1n) is 8.71. The first kappa shape index (κ1) is 20.0. The van der Waals surface area contributed by atoms with Crippen molar-refractivity contribution >= 4 is 11.6 Å². The van der Waals surface area contributed by atoms with Crippen molar-refractivity contribution in [3.8, 4) is 0 Å². The Labute approximate surface area is 159 Å². The van der Waals surface area contributed by atoms with Crippen LogP contribution in [0.4, 0.5) is 17.6 Å². The number of aryl methyl sites for hydroxylation is 1. The Balaban J connectivity index is 1.80. The van der Waals surface area contributed by atoms with Crippen LogP contribution in [0.3, 0.4) is 0 Å². The number of halogens is 4. The molecule has 1 unspecified atom stereocenters. The van der Waals surface area contributed by atoms with Crippen LogP contribution in [0.1, 0.15) is 30.4 Å². The van der Waals surface area contributed by atoms with E-state index in [2.05, 4.69) is 5.10 Å². The van der Waals surface area contributed by atoms with Crippen LogP contribution in [0, 0.1) is 5.82 Å². The molecule has 1 heterocycles. The number of carbonyl (C=O) groups excluding carboxylic acids is 1. The number of alkyl halides is 3. The fraction of sp³-hybridized carbons (Fsp3) is 0.300. The number of hydrazone groups is 1. The molecule has 0 spiro atoms. The molecule has 0 aliphatic carbocycles. The third kappa shape index (κ3) is 3.91. The van der Waals surface area contributed by atoms with Gasteiger partial charge in [0.15, 0.2) is 0 Å². The highest BCUT2D eigenvalue weighted by Gasteiger charge is 2.63. The zero-order valence-electron chi connectivity index (χ0n) is 14.8. The standard InChI is InChI=1S/C20H18F4N2O2/c21-16-11-5-4-10-15(16)17-13-19(28,20(22,23)24)26(25-17)18(27)12-6-9-14-7-2-1-3-8-14/h1-5,7-8,10-11,28H,6,9,12-13H2. The molecular weight excluding hydrogens is 376 g/mol. The average Bonchev–Trinajstić information content (AvgIpc) is 3.02. The lowest BCUT2D eigenvalue weighted by Gasteiger charge is -2.32. The maximum atomic E-state index is 14.0. The van der Waals surface area contributed by atoms with Crippen LogP contribution < -0.4 is 0 Å². The van der Waals surface area contributed by atoms with Gasteiger partial charge < -0.3 is 5.11 Å². The molecule has 0 bridgehead atoms. The third-order valence-corrected chi connectivity index (χ3v) is 4.56. The summed E-state index contributed by atoms with van der Waals surface area (Å²) in [6.07, 6.45) is -5.62. The summed E-state index contributed by atoms with van der Waals surface area (Å²) in [4.78, 5) is 12.4. The second-order valence-corrected chi connectivity index (χ2v) is 6.56. The number of carbonyl (C=O) groups is 1. The SMILES string of the molecule is O=C(CCCc1ccccc1)N1N=C(c2ccccc2F)CC1(O)C(F)(F)F. The summed E-state index contributed by atoms with van der Waals surface area (Å²) in [5, 5.41) is 14.0. The number of aliphatic hydroxyl groups is 1. The van der Waals surface area contributed by atoms with Gasteiger partial charge in [-0.05, 0) is 24.5 Å². The van der Waals surface area contributed by atoms with Crippen molar-refractivity contribution in [2.75, 3.05) is 0 Å². The molecule has 8 heteroatoms. The Hall–Kier alpha value is -2.74. The number of hydrogen-bond donors (Lipinski definition) is 1. The van der Waals surface area contributed by atoms with Gasteiger partial charge in [-0.1, -0.05) is 48.5 Å². The number of amides is 1. The van der Waals surface area contributed by atoms with Crippen molar-refractivity contribution in [1.82, 2.24) is 5.01 Å². The summed E-state index contributed by atoms with van der Waals surface area (Å²) >= 11 is 0. The van der Waals surface area contributed by atoms with E-state index in [-0.39, 0.29) is 29.1 Å². The van der Waals surface area contributed by atoms with Crippen molar-refractivity contribution in [2.45, 2.75) is 37.6 Å². The van der Waals surface area contributed by atoms with Gasteiger partial charge >= 0.3 is 6.18 Å². The highest BCUT2D eigenvalue weighted by atomic mass is 19.4. The van der Waals surface area contributed by atoms with Gasteiger partial charge in [0.1, 0.15) is 5.82 Å². The van der Waals surface area contributed by atoms with E-state index >= 15 is 0 Å². The molecule has 1 amide bonds. The lowest BCUT2D eigenvalue weighted by Crippen LogP contribution is -2.56. The van der Waals surface area contributed by atoms with E-state index in [1.165, 1.54) is 18.2 Å². The largest absolute Gasteiger partial charge is 0.438 e. The Morgan fingerprint density at radius 2 is 1.75 bits per heavy atom. The number of benzene rings is 2. The number of nitrogens with zero attached hydrogens (tertiary/aromatic N) is 2. The fourth-order valence-electron chi connectivity index (χ4n) is 3.07. The molecule has 3 rings (SSSR count). The molecule has 0 saturated heterocycles. The lowest BCUT2D eigenvalue weighted by molar-refractivity contribution is -0.302. The van der Waals surface area contributed by atoms with Crippen LogP contribution in [0.2, 0.25) is 0 Å². The summed E-state index contributed by atoms with van der Waals surface area (Å²) in [6.45, 7) is 0. The molecule has 148 valence electrons. The van der Waals surface area contributed by atoms with Crippen LogP contribution in [0.25, 0.3) is 0 Å². The topological polar surface area (TPSA) is 52.9 Å². The molecule has 1 atom stereocenters. The molecule has 1 N–H and O–H groups in total. The molecule has 4 nitrogen and oxygen atoms in total. The van der Waals surface area contributed by atoms with Crippen molar-refractivity contribution in [1.29, 1.82) is 0 Å². The molecule has 2 aromatic carbocycles. The van der Waals surface area contributed by atoms with E-state index in [9.17, 15) is 27.5 Å². The predicted octanol–water partition coefficient (Wildman–Crippen LogP) is 4.04. The monoisotopic (exact) mass is 394 g/mol. The molecule has 0 radical (unpaired) electrons. The summed E-state index contributed by atoms with van der Waals surface area (Å²) in [6, 6.07) is 14.3. The average molecular weight is 394 g/mol. The van der Waals surface area contributed by atoms with Gasteiger partial charge in [0, 0.05) is 12.0 Å². The van der Waals surface area contributed by atoms with E-state index in [0.717, 1.165) is 11.6 Å². The smallest absolute Gasteiger partial charge is 0.362 e. The zero-order valence-corrected chi connectivity index (χ0v) is 14.8. The van der Waals surface area contributed by atoms with Crippen molar-refractivity contribution in [2.24, 2.45) is 5.10 Å². The number of rotatable bonds is 5. The van der Waals surface area contributed by atoms with Gasteiger partial charge in [-0.25, -0.2) is 4.39 Å². The molecule has 1 aliphatic heterocycles. The summed E-state index contributed by atoms with van der Waals surface area (Å²) < 4.78 is 54.5. The summed E-state index contributed by atoms with van der Waals surface area (Å²) in [7, 11) is 0. The maximum Gasteiger partial charge on any atom is 0.438 e. The molecule has 1 aliphatic rings. The van der Waals surface area contributed by atoms with E-state index < -0.39 is 30.0 Å². The van der Waals surface area contributed by atoms with Crippen molar-refractivity contribution < 1.29 is 27.5 Å². The van der Waals surface area contributed by atoms with Crippen LogP contribution in [0.5, 0.6) is 0 Å². The maximum absolute atomic E-state index is 14.0. The molecular formula is C20H18F4N2O2. The van der Waals surface area contributed by atoms with Gasteiger partial charge in [-0.2, -0.15) is 23.3 Å². The van der Waals surface area contributed by atoms with Gasteiger partial charge in [0.25, 0.3) is 5.72 Å². The Kier molecular flexibility index (Phi) is 5.51. The van der Waals surface area contributed by atoms with Gasteiger partial charge in [0.05, 0.1) is 12.1 Å². The van der Waals surface area contributed by atoms with Crippen molar-refractivity contribution in [3.05, 3.63) is 71.5 Å². The third-order valence-electron chi connectivity index (χ3n) is 4.56. The van der Waals surface area contributed by atoms with Crippen LogP contribution in [-0.4, -0.2) is 33.6 Å². The normalized spacial score (nSPS) is 19.6. The lowest BCUT2D eigenvalue weighted by atomic mass is 10.00. The van der Waals surface area contributed by atoms with Crippen LogP contribution in [-0.2, 0) is 11.2 Å². The van der Waals surface area contributed by atoms with E-state index in [1.807, 2.05) is 30.3 Å². The Bertz CT molecular complexity index is 883. The molecule has 0 saturated carbocycles. The first-order chi connectivity index (χ1) is 13.2. The van der Waals surface area contributed by atoms with E-state index in [1.54, 1.807) is 0 Å². The number of hydrogen-bond acceptors (Lipinski definition) is 3. The quantitative estimate of drug-likeness (QED) is 0.779. The molecule has 28 heavy (non-hydrogen) atoms. The predicted molar refractivity (Wildman–Crippen MR) is 94.8 cm³/mol. The van der Waals surface area contributed by atoms with Crippen molar-refractivity contribution in [3.63, 3.8) is 0 Å². The van der Waals surface area contributed by atoms with Crippen LogP contribution in [0.15, 0.2) is 59.7 Å². The summed E-state index contributed by atoms with van der Waals surface area (Å²) in [5.41, 5.74) is -3.05. The minimum Gasteiger partial charge on any atom is -0.362 e. The zero-order chi connectivity index (χ0) is 20.4. The van der Waals surface area contributed by atoms with Crippen LogP contribution >= 0.6 is 0 Å². The van der Waals surface area contributed by atoms with Gasteiger partial charge in [-0.3, -0.25) is 4.79 Å². The second-order valence-electron chi connectivity index (χ2n) is 6.56. The minimum absolute atomic E-state index is 0.0553. The first-order valence-corrected chi connectivity index (χ1v) is 8.71. The van der Waals surface area contributed by atoms with Gasteiger partial charge in [-0.15, -0.1) is 0 Å². The van der Waals surface area contributed by atoms with E-state index in [4.69, 9.17) is 0 Å². The Morgan fingerprint density at radius 1 is 1.11 bits per heavy atom. The molecule has 0 aromatic heterocycles. The van der Waals surface area contributed by atoms with Gasteiger partial charge in [0.2, 0.25) is 5.91 Å².